The zero-order valence-corrected chi connectivity index (χ0v) is 12.8. The summed E-state index contributed by atoms with van der Waals surface area (Å²) in [5.74, 6) is 1.07. The molecule has 3 aromatic heterocycles. The number of fused-ring (bicyclic) bond motifs is 1. The summed E-state index contributed by atoms with van der Waals surface area (Å²) in [6.07, 6.45) is 0. The molecule has 0 aliphatic rings. The smallest absolute Gasteiger partial charge is 0.349 e. The van der Waals surface area contributed by atoms with Crippen LogP contribution < -0.4 is 10.4 Å². The molecular formula is C16H10N2O4S. The largest absolute Gasteiger partial charge is 0.493 e. The maximum absolute atomic E-state index is 12.3. The highest BCUT2D eigenvalue weighted by Crippen LogP contribution is 2.28. The van der Waals surface area contributed by atoms with Gasteiger partial charge in [-0.2, -0.15) is 4.98 Å². The van der Waals surface area contributed by atoms with E-state index in [-0.39, 0.29) is 11.5 Å². The molecule has 0 atom stereocenters. The fourth-order valence-corrected chi connectivity index (χ4v) is 2.92. The first-order valence-electron chi connectivity index (χ1n) is 6.75. The maximum atomic E-state index is 12.3. The molecule has 0 spiro atoms. The number of benzene rings is 1. The van der Waals surface area contributed by atoms with Crippen LogP contribution in [0, 0.1) is 0 Å². The zero-order valence-electron chi connectivity index (χ0n) is 12.0. The summed E-state index contributed by atoms with van der Waals surface area (Å²) >= 11 is 1.49. The second-order valence-corrected chi connectivity index (χ2v) is 5.67. The number of thiophene rings is 1. The lowest BCUT2D eigenvalue weighted by Gasteiger charge is -2.03. The van der Waals surface area contributed by atoms with Gasteiger partial charge in [-0.1, -0.05) is 23.4 Å². The van der Waals surface area contributed by atoms with E-state index in [9.17, 15) is 4.79 Å². The van der Waals surface area contributed by atoms with Gasteiger partial charge in [0, 0.05) is 5.39 Å². The molecule has 0 bridgehead atoms. The van der Waals surface area contributed by atoms with Crippen molar-refractivity contribution in [3.8, 4) is 27.9 Å². The SMILES string of the molecule is COc1cccc2cc(-c3nc(-c4cccs4)no3)c(=O)oc12. The molecule has 0 saturated heterocycles. The third-order valence-corrected chi connectivity index (χ3v) is 4.21. The molecule has 23 heavy (non-hydrogen) atoms. The number of methoxy groups -OCH3 is 1. The van der Waals surface area contributed by atoms with Gasteiger partial charge in [-0.15, -0.1) is 11.3 Å². The number of ether oxygens (including phenoxy) is 1. The summed E-state index contributed by atoms with van der Waals surface area (Å²) < 4.78 is 15.8. The Kier molecular flexibility index (Phi) is 3.20. The van der Waals surface area contributed by atoms with E-state index in [1.165, 1.54) is 18.4 Å². The summed E-state index contributed by atoms with van der Waals surface area (Å²) in [6.45, 7) is 0. The van der Waals surface area contributed by atoms with Gasteiger partial charge in [0.15, 0.2) is 11.3 Å². The average Bonchev–Trinajstić information content (AvgIpc) is 3.24. The van der Waals surface area contributed by atoms with E-state index in [0.717, 1.165) is 10.3 Å². The summed E-state index contributed by atoms with van der Waals surface area (Å²) in [6, 6.07) is 10.8. The van der Waals surface area contributed by atoms with Gasteiger partial charge in [-0.3, -0.25) is 0 Å². The van der Waals surface area contributed by atoms with Crippen LogP contribution in [0.1, 0.15) is 0 Å². The van der Waals surface area contributed by atoms with Crippen LogP contribution in [0.5, 0.6) is 5.75 Å². The van der Waals surface area contributed by atoms with Crippen molar-refractivity contribution in [1.82, 2.24) is 10.1 Å². The highest BCUT2D eigenvalue weighted by atomic mass is 32.1. The molecule has 1 aromatic carbocycles. The molecule has 0 unspecified atom stereocenters. The molecule has 4 rings (SSSR count). The Morgan fingerprint density at radius 3 is 2.91 bits per heavy atom. The molecule has 0 amide bonds. The zero-order chi connectivity index (χ0) is 15.8. The van der Waals surface area contributed by atoms with E-state index in [0.29, 0.717) is 17.2 Å². The number of rotatable bonds is 3. The van der Waals surface area contributed by atoms with Crippen molar-refractivity contribution in [2.24, 2.45) is 0 Å². The van der Waals surface area contributed by atoms with Crippen molar-refractivity contribution < 1.29 is 13.7 Å². The van der Waals surface area contributed by atoms with Crippen molar-refractivity contribution >= 4 is 22.3 Å². The number of hydrogen-bond donors (Lipinski definition) is 0. The predicted octanol–water partition coefficient (Wildman–Crippen LogP) is 3.58. The third kappa shape index (κ3) is 2.31. The molecule has 0 aliphatic carbocycles. The van der Waals surface area contributed by atoms with Crippen molar-refractivity contribution in [1.29, 1.82) is 0 Å². The molecule has 3 heterocycles. The Hall–Kier alpha value is -2.93. The lowest BCUT2D eigenvalue weighted by Crippen LogP contribution is -2.03. The van der Waals surface area contributed by atoms with Crippen LogP contribution in [0.15, 0.2) is 55.5 Å². The van der Waals surface area contributed by atoms with Crippen LogP contribution in [-0.2, 0) is 0 Å². The fourth-order valence-electron chi connectivity index (χ4n) is 2.27. The van der Waals surface area contributed by atoms with Crippen LogP contribution in [0.2, 0.25) is 0 Å². The lowest BCUT2D eigenvalue weighted by molar-refractivity contribution is 0.405. The van der Waals surface area contributed by atoms with E-state index in [2.05, 4.69) is 10.1 Å². The first kappa shape index (κ1) is 13.7. The normalized spacial score (nSPS) is 11.0. The molecule has 114 valence electrons. The number of nitrogens with zero attached hydrogens (tertiary/aromatic N) is 2. The molecule has 0 aliphatic heterocycles. The highest BCUT2D eigenvalue weighted by Gasteiger charge is 2.17. The van der Waals surface area contributed by atoms with Gasteiger partial charge in [0.25, 0.3) is 5.89 Å². The van der Waals surface area contributed by atoms with Crippen LogP contribution in [0.25, 0.3) is 33.1 Å². The second-order valence-electron chi connectivity index (χ2n) is 4.73. The summed E-state index contributed by atoms with van der Waals surface area (Å²) in [5, 5.41) is 6.55. The molecule has 4 aromatic rings. The minimum absolute atomic E-state index is 0.131. The van der Waals surface area contributed by atoms with E-state index in [4.69, 9.17) is 13.7 Å². The van der Waals surface area contributed by atoms with Crippen LogP contribution >= 0.6 is 11.3 Å². The molecule has 0 radical (unpaired) electrons. The lowest BCUT2D eigenvalue weighted by atomic mass is 10.2. The number of hydrogen-bond acceptors (Lipinski definition) is 7. The first-order valence-corrected chi connectivity index (χ1v) is 7.63. The number of aromatic nitrogens is 2. The minimum Gasteiger partial charge on any atom is -0.493 e. The Balaban J connectivity index is 1.86. The Morgan fingerprint density at radius 1 is 1.22 bits per heavy atom. The molecule has 0 saturated carbocycles. The van der Waals surface area contributed by atoms with Crippen LogP contribution in [0.4, 0.5) is 0 Å². The van der Waals surface area contributed by atoms with Crippen molar-refractivity contribution in [3.63, 3.8) is 0 Å². The van der Waals surface area contributed by atoms with Crippen molar-refractivity contribution in [2.75, 3.05) is 7.11 Å². The topological polar surface area (TPSA) is 78.4 Å². The molecule has 0 N–H and O–H groups in total. The highest BCUT2D eigenvalue weighted by molar-refractivity contribution is 7.13. The number of para-hydroxylation sites is 1. The van der Waals surface area contributed by atoms with Gasteiger partial charge in [0.1, 0.15) is 5.56 Å². The Morgan fingerprint density at radius 2 is 2.13 bits per heavy atom. The van der Waals surface area contributed by atoms with Gasteiger partial charge in [-0.25, -0.2) is 4.79 Å². The van der Waals surface area contributed by atoms with E-state index in [1.807, 2.05) is 29.6 Å². The average molecular weight is 326 g/mol. The van der Waals surface area contributed by atoms with E-state index >= 15 is 0 Å². The summed E-state index contributed by atoms with van der Waals surface area (Å²) in [5.41, 5.74) is 0.0613. The first-order chi connectivity index (χ1) is 11.3. The fraction of sp³-hybridized carbons (Fsp3) is 0.0625. The molecule has 7 heteroatoms. The van der Waals surface area contributed by atoms with Gasteiger partial charge in [0.05, 0.1) is 12.0 Å². The Labute approximate surface area is 133 Å². The minimum atomic E-state index is -0.552. The molecular weight excluding hydrogens is 316 g/mol. The van der Waals surface area contributed by atoms with Crippen molar-refractivity contribution in [3.05, 3.63) is 52.2 Å². The standard InChI is InChI=1S/C16H10N2O4S/c1-20-11-5-2-4-9-8-10(16(19)21-13(9)11)15-17-14(18-22-15)12-6-3-7-23-12/h2-8H,1H3. The third-order valence-electron chi connectivity index (χ3n) is 3.34. The van der Waals surface area contributed by atoms with Crippen LogP contribution in [0.3, 0.4) is 0 Å². The molecule has 0 fully saturated rings. The molecule has 6 nitrogen and oxygen atoms in total. The second kappa shape index (κ2) is 5.36. The van der Waals surface area contributed by atoms with Crippen LogP contribution in [-0.4, -0.2) is 17.3 Å². The maximum Gasteiger partial charge on any atom is 0.349 e. The van der Waals surface area contributed by atoms with Crippen molar-refractivity contribution in [2.45, 2.75) is 0 Å². The van der Waals surface area contributed by atoms with Gasteiger partial charge in [0.2, 0.25) is 5.82 Å². The monoisotopic (exact) mass is 326 g/mol. The Bertz CT molecular complexity index is 1030. The van der Waals surface area contributed by atoms with Gasteiger partial charge >= 0.3 is 5.63 Å². The van der Waals surface area contributed by atoms with E-state index < -0.39 is 5.63 Å². The van der Waals surface area contributed by atoms with Gasteiger partial charge < -0.3 is 13.7 Å². The van der Waals surface area contributed by atoms with Gasteiger partial charge in [-0.05, 0) is 23.6 Å². The van der Waals surface area contributed by atoms with E-state index in [1.54, 1.807) is 12.1 Å². The summed E-state index contributed by atoms with van der Waals surface area (Å²) in [4.78, 5) is 17.4. The summed E-state index contributed by atoms with van der Waals surface area (Å²) in [7, 11) is 1.52. The quantitative estimate of drug-likeness (QED) is 0.535. The predicted molar refractivity (Wildman–Crippen MR) is 85.6 cm³/mol.